The molecule has 3 saturated carbocycles. The lowest BCUT2D eigenvalue weighted by molar-refractivity contribution is -0.421. The van der Waals surface area contributed by atoms with E-state index in [1.807, 2.05) is 19.9 Å². The Balaban J connectivity index is 1.81. The number of rotatable bonds is 2. The van der Waals surface area contributed by atoms with Crippen LogP contribution in [0.4, 0.5) is 0 Å². The van der Waals surface area contributed by atoms with Gasteiger partial charge in [-0.3, -0.25) is 9.59 Å². The van der Waals surface area contributed by atoms with Gasteiger partial charge in [-0.2, -0.15) is 0 Å². The van der Waals surface area contributed by atoms with E-state index < -0.39 is 40.0 Å². The molecule has 0 amide bonds. The fourth-order valence-corrected chi connectivity index (χ4v) is 7.44. The molecule has 4 aliphatic carbocycles. The molecule has 0 aromatic heterocycles. The predicted octanol–water partition coefficient (Wildman–Crippen LogP) is 2.13. The summed E-state index contributed by atoms with van der Waals surface area (Å²) in [5.74, 6) is -4.00. The molecule has 2 heterocycles. The Morgan fingerprint density at radius 1 is 1.34 bits per heavy atom. The summed E-state index contributed by atoms with van der Waals surface area (Å²) in [6.07, 6.45) is 5.04. The Kier molecular flexibility index (Phi) is 3.50. The van der Waals surface area contributed by atoms with E-state index in [9.17, 15) is 19.5 Å². The fourth-order valence-electron chi connectivity index (χ4n) is 7.44. The van der Waals surface area contributed by atoms with Gasteiger partial charge in [0.15, 0.2) is 17.7 Å². The molecular formula is C23H26O6. The normalized spacial score (nSPS) is 48.9. The number of ketones is 2. The van der Waals surface area contributed by atoms with E-state index in [4.69, 9.17) is 9.47 Å². The minimum Gasteiger partial charge on any atom is -0.453 e. The molecule has 0 aromatic rings. The number of fused-ring (bicyclic) bond motifs is 2. The average molecular weight is 398 g/mol. The summed E-state index contributed by atoms with van der Waals surface area (Å²) in [6, 6.07) is 0. The number of carbonyl (C=O) groups is 3. The van der Waals surface area contributed by atoms with Gasteiger partial charge in [-0.1, -0.05) is 33.1 Å². The standard InChI is InChI=1S/C23H26O6/c1-5-16(25)29-19-17-20(3,4)9-8-15(24)21(17)11-28-23(19,27)22-10-13(6-7-14(21)22)12(2)18(22)26/h5,8-9,13-14,17,19,27H,1-2,6-7,10-11H2,3-4H3/t13-,14+,17-,19+,21-,22+,23+/m1/s1. The molecule has 29 heavy (non-hydrogen) atoms. The van der Waals surface area contributed by atoms with Gasteiger partial charge in [-0.15, -0.1) is 0 Å². The highest BCUT2D eigenvalue weighted by atomic mass is 16.7. The highest BCUT2D eigenvalue weighted by Crippen LogP contribution is 2.75. The molecule has 0 unspecified atom stereocenters. The highest BCUT2D eigenvalue weighted by molar-refractivity contribution is 6.06. The van der Waals surface area contributed by atoms with Crippen LogP contribution < -0.4 is 0 Å². The molecule has 6 rings (SSSR count). The van der Waals surface area contributed by atoms with Crippen LogP contribution in [0.3, 0.4) is 0 Å². The minimum absolute atomic E-state index is 0.0136. The van der Waals surface area contributed by atoms with Gasteiger partial charge < -0.3 is 14.6 Å². The zero-order valence-electron chi connectivity index (χ0n) is 16.8. The van der Waals surface area contributed by atoms with Crippen molar-refractivity contribution in [3.05, 3.63) is 37.0 Å². The first-order chi connectivity index (χ1) is 13.6. The maximum Gasteiger partial charge on any atom is 0.330 e. The van der Waals surface area contributed by atoms with Crippen molar-refractivity contribution in [1.29, 1.82) is 0 Å². The van der Waals surface area contributed by atoms with Gasteiger partial charge in [0.25, 0.3) is 0 Å². The van der Waals surface area contributed by atoms with Crippen LogP contribution in [0.5, 0.6) is 0 Å². The molecule has 2 aliphatic heterocycles. The lowest BCUT2D eigenvalue weighted by atomic mass is 9.37. The minimum atomic E-state index is -2.00. The molecule has 6 aliphatic rings. The summed E-state index contributed by atoms with van der Waals surface area (Å²) < 4.78 is 11.7. The summed E-state index contributed by atoms with van der Waals surface area (Å²) in [4.78, 5) is 39.3. The predicted molar refractivity (Wildman–Crippen MR) is 102 cm³/mol. The van der Waals surface area contributed by atoms with E-state index in [0.29, 0.717) is 18.4 Å². The van der Waals surface area contributed by atoms with E-state index in [1.165, 1.54) is 0 Å². The maximum absolute atomic E-state index is 13.5. The number of carbonyl (C=O) groups excluding carboxylic acids is 3. The van der Waals surface area contributed by atoms with E-state index >= 15 is 0 Å². The van der Waals surface area contributed by atoms with Gasteiger partial charge in [0, 0.05) is 12.0 Å². The van der Waals surface area contributed by atoms with Gasteiger partial charge in [0.1, 0.15) is 0 Å². The molecule has 6 heteroatoms. The highest BCUT2D eigenvalue weighted by Gasteiger charge is 2.85. The molecule has 154 valence electrons. The first-order valence-electron chi connectivity index (χ1n) is 10.2. The molecule has 5 fully saturated rings. The van der Waals surface area contributed by atoms with Crippen molar-refractivity contribution in [2.75, 3.05) is 6.61 Å². The molecule has 6 nitrogen and oxygen atoms in total. The number of ether oxygens (including phenoxy) is 2. The van der Waals surface area contributed by atoms with Gasteiger partial charge in [-0.05, 0) is 48.2 Å². The second-order valence-electron chi connectivity index (χ2n) is 9.94. The smallest absolute Gasteiger partial charge is 0.330 e. The summed E-state index contributed by atoms with van der Waals surface area (Å²) >= 11 is 0. The molecule has 0 radical (unpaired) electrons. The van der Waals surface area contributed by atoms with Crippen molar-refractivity contribution in [3.8, 4) is 0 Å². The maximum atomic E-state index is 13.5. The van der Waals surface area contributed by atoms with Crippen LogP contribution in [0, 0.1) is 34.0 Å². The largest absolute Gasteiger partial charge is 0.453 e. The van der Waals surface area contributed by atoms with E-state index in [2.05, 4.69) is 13.2 Å². The quantitative estimate of drug-likeness (QED) is 0.566. The molecule has 1 N–H and O–H groups in total. The third-order valence-electron chi connectivity index (χ3n) is 8.53. The Hall–Kier alpha value is -2.05. The van der Waals surface area contributed by atoms with Crippen molar-refractivity contribution in [2.45, 2.75) is 45.0 Å². The summed E-state index contributed by atoms with van der Waals surface area (Å²) in [5, 5.41) is 12.0. The first kappa shape index (κ1) is 18.9. The molecule has 4 bridgehead atoms. The first-order valence-corrected chi connectivity index (χ1v) is 10.2. The topological polar surface area (TPSA) is 89.9 Å². The zero-order chi connectivity index (χ0) is 21.0. The van der Waals surface area contributed by atoms with Crippen molar-refractivity contribution < 1.29 is 29.0 Å². The third-order valence-corrected chi connectivity index (χ3v) is 8.53. The monoisotopic (exact) mass is 398 g/mol. The second-order valence-corrected chi connectivity index (χ2v) is 9.94. The van der Waals surface area contributed by atoms with E-state index in [0.717, 1.165) is 12.5 Å². The number of aliphatic hydroxyl groups is 1. The summed E-state index contributed by atoms with van der Waals surface area (Å²) in [6.45, 7) is 11.4. The molecule has 2 saturated heterocycles. The van der Waals surface area contributed by atoms with Crippen LogP contribution in [0.25, 0.3) is 0 Å². The van der Waals surface area contributed by atoms with E-state index in [-0.39, 0.29) is 30.0 Å². The van der Waals surface area contributed by atoms with Crippen molar-refractivity contribution in [1.82, 2.24) is 0 Å². The van der Waals surface area contributed by atoms with Crippen LogP contribution >= 0.6 is 0 Å². The van der Waals surface area contributed by atoms with Crippen molar-refractivity contribution in [2.24, 2.45) is 34.0 Å². The van der Waals surface area contributed by atoms with Crippen LogP contribution in [0.15, 0.2) is 37.0 Å². The Morgan fingerprint density at radius 3 is 2.76 bits per heavy atom. The molecular weight excluding hydrogens is 372 g/mol. The number of allylic oxidation sites excluding steroid dienone is 3. The Labute approximate surface area is 169 Å². The Morgan fingerprint density at radius 2 is 2.07 bits per heavy atom. The zero-order valence-corrected chi connectivity index (χ0v) is 16.8. The number of esters is 1. The van der Waals surface area contributed by atoms with Crippen LogP contribution in [0.2, 0.25) is 0 Å². The van der Waals surface area contributed by atoms with Gasteiger partial charge >= 0.3 is 5.97 Å². The number of hydrogen-bond donors (Lipinski definition) is 1. The van der Waals surface area contributed by atoms with E-state index in [1.54, 1.807) is 6.08 Å². The number of hydrogen-bond acceptors (Lipinski definition) is 6. The fraction of sp³-hybridized carbons (Fsp3) is 0.609. The number of Topliss-reactive ketones (excluding diaryl/α,β-unsaturated/α-hetero) is 1. The Bertz CT molecular complexity index is 914. The summed E-state index contributed by atoms with van der Waals surface area (Å²) in [7, 11) is 0. The lowest BCUT2D eigenvalue weighted by Crippen LogP contribution is -2.83. The van der Waals surface area contributed by atoms with Crippen molar-refractivity contribution >= 4 is 17.5 Å². The third kappa shape index (κ3) is 1.84. The lowest BCUT2D eigenvalue weighted by Gasteiger charge is -2.71. The van der Waals surface area contributed by atoms with Gasteiger partial charge in [0.05, 0.1) is 17.4 Å². The van der Waals surface area contributed by atoms with Crippen LogP contribution in [-0.4, -0.2) is 41.1 Å². The molecule has 7 atom stereocenters. The average Bonchev–Trinajstić information content (AvgIpc) is 2.87. The molecule has 0 aromatic carbocycles. The van der Waals surface area contributed by atoms with Crippen LogP contribution in [0.1, 0.15) is 33.1 Å². The van der Waals surface area contributed by atoms with Crippen molar-refractivity contribution in [3.63, 3.8) is 0 Å². The van der Waals surface area contributed by atoms with Gasteiger partial charge in [0.2, 0.25) is 5.79 Å². The molecule has 2 spiro atoms. The summed E-state index contributed by atoms with van der Waals surface area (Å²) in [5.41, 5.74) is -2.41. The SMILES string of the molecule is C=CC(=O)O[C@H]1[C@@H]2C(C)(C)C=CC(=O)[C@]23CO[C@]1(O)[C@@]12C[C@@H](CC[C@@H]31)C(=C)C2=O. The second kappa shape index (κ2) is 5.35. The van der Waals surface area contributed by atoms with Gasteiger partial charge in [-0.25, -0.2) is 4.79 Å². The van der Waals surface area contributed by atoms with Crippen LogP contribution in [-0.2, 0) is 23.9 Å².